The van der Waals surface area contributed by atoms with Crippen molar-refractivity contribution >= 4 is 5.97 Å². The first-order valence-corrected chi connectivity index (χ1v) is 7.31. The molecule has 1 aliphatic heterocycles. The zero-order valence-electron chi connectivity index (χ0n) is 11.5. The molecule has 19 heavy (non-hydrogen) atoms. The molecule has 1 saturated heterocycles. The molecule has 2 aliphatic carbocycles. The zero-order valence-corrected chi connectivity index (χ0v) is 11.5. The lowest BCUT2D eigenvalue weighted by atomic mass is 9.79. The Bertz CT molecular complexity index is 340. The van der Waals surface area contributed by atoms with Crippen molar-refractivity contribution in [1.29, 1.82) is 0 Å². The molecule has 5 nitrogen and oxygen atoms in total. The van der Waals surface area contributed by atoms with E-state index in [-0.39, 0.29) is 18.2 Å². The Morgan fingerprint density at radius 3 is 2.63 bits per heavy atom. The molecule has 0 spiro atoms. The van der Waals surface area contributed by atoms with Gasteiger partial charge in [0.15, 0.2) is 0 Å². The van der Waals surface area contributed by atoms with Crippen LogP contribution in [-0.4, -0.2) is 50.1 Å². The second-order valence-electron chi connectivity index (χ2n) is 6.01. The maximum absolute atomic E-state index is 12.2. The molecule has 2 saturated carbocycles. The number of methoxy groups -OCH3 is 1. The van der Waals surface area contributed by atoms with Crippen molar-refractivity contribution in [1.82, 2.24) is 5.32 Å². The molecule has 3 rings (SSSR count). The highest BCUT2D eigenvalue weighted by atomic mass is 16.6. The third-order valence-corrected chi connectivity index (χ3v) is 4.33. The van der Waals surface area contributed by atoms with Gasteiger partial charge in [-0.25, -0.2) is 0 Å². The van der Waals surface area contributed by atoms with Crippen molar-refractivity contribution < 1.29 is 19.0 Å². The molecule has 5 heteroatoms. The van der Waals surface area contributed by atoms with Crippen LogP contribution in [0.1, 0.15) is 38.5 Å². The Hall–Kier alpha value is -0.650. The highest BCUT2D eigenvalue weighted by Crippen LogP contribution is 2.35. The molecular formula is C14H23NO4. The topological polar surface area (TPSA) is 56.8 Å². The van der Waals surface area contributed by atoms with Crippen LogP contribution in [0.5, 0.6) is 0 Å². The Morgan fingerprint density at radius 1 is 1.26 bits per heavy atom. The largest absolute Gasteiger partial charge is 0.468 e. The van der Waals surface area contributed by atoms with Gasteiger partial charge in [0.2, 0.25) is 0 Å². The van der Waals surface area contributed by atoms with E-state index in [1.54, 1.807) is 0 Å². The van der Waals surface area contributed by atoms with Crippen LogP contribution in [0.25, 0.3) is 0 Å². The summed E-state index contributed by atoms with van der Waals surface area (Å²) in [6, 6.07) is 0.491. The second-order valence-corrected chi connectivity index (χ2v) is 6.01. The summed E-state index contributed by atoms with van der Waals surface area (Å²) in [5, 5.41) is 3.51. The third kappa shape index (κ3) is 2.93. The van der Waals surface area contributed by atoms with E-state index in [2.05, 4.69) is 5.32 Å². The number of rotatable bonds is 5. The minimum absolute atomic E-state index is 0.127. The Morgan fingerprint density at radius 2 is 2.05 bits per heavy atom. The minimum atomic E-state index is -0.524. The molecule has 2 unspecified atom stereocenters. The van der Waals surface area contributed by atoms with Crippen LogP contribution >= 0.6 is 0 Å². The van der Waals surface area contributed by atoms with Crippen molar-refractivity contribution in [2.75, 3.05) is 20.3 Å². The van der Waals surface area contributed by atoms with Crippen LogP contribution in [0.3, 0.4) is 0 Å². The fourth-order valence-corrected chi connectivity index (χ4v) is 3.09. The van der Waals surface area contributed by atoms with E-state index in [0.717, 1.165) is 25.7 Å². The molecule has 1 N–H and O–H groups in total. The molecule has 2 atom stereocenters. The van der Waals surface area contributed by atoms with Crippen LogP contribution < -0.4 is 5.32 Å². The summed E-state index contributed by atoms with van der Waals surface area (Å²) in [5.41, 5.74) is -0.524. The van der Waals surface area contributed by atoms with E-state index < -0.39 is 5.54 Å². The van der Waals surface area contributed by atoms with Gasteiger partial charge >= 0.3 is 5.97 Å². The van der Waals surface area contributed by atoms with Gasteiger partial charge in [0, 0.05) is 12.5 Å². The number of ether oxygens (including phenoxy) is 3. The van der Waals surface area contributed by atoms with E-state index in [0.29, 0.717) is 19.3 Å². The van der Waals surface area contributed by atoms with Crippen molar-refractivity contribution in [3.8, 4) is 0 Å². The number of carbonyl (C=O) groups excluding carboxylic acids is 1. The quantitative estimate of drug-likeness (QED) is 0.755. The van der Waals surface area contributed by atoms with Crippen LogP contribution in [0.15, 0.2) is 0 Å². The first-order valence-electron chi connectivity index (χ1n) is 7.31. The van der Waals surface area contributed by atoms with Crippen molar-refractivity contribution in [3.63, 3.8) is 0 Å². The Balaban J connectivity index is 1.64. The summed E-state index contributed by atoms with van der Waals surface area (Å²) in [4.78, 5) is 12.2. The highest BCUT2D eigenvalue weighted by Gasteiger charge is 2.47. The summed E-state index contributed by atoms with van der Waals surface area (Å²) in [6.45, 7) is 1.38. The predicted molar refractivity (Wildman–Crippen MR) is 68.9 cm³/mol. The van der Waals surface area contributed by atoms with Gasteiger partial charge < -0.3 is 14.2 Å². The minimum Gasteiger partial charge on any atom is -0.468 e. The van der Waals surface area contributed by atoms with Gasteiger partial charge in [-0.1, -0.05) is 0 Å². The maximum atomic E-state index is 12.2. The van der Waals surface area contributed by atoms with Gasteiger partial charge in [0.1, 0.15) is 11.6 Å². The lowest BCUT2D eigenvalue weighted by molar-refractivity contribution is -0.173. The summed E-state index contributed by atoms with van der Waals surface area (Å²) >= 11 is 0. The lowest BCUT2D eigenvalue weighted by Gasteiger charge is -2.41. The maximum Gasteiger partial charge on any atom is 0.326 e. The Labute approximate surface area is 114 Å². The number of carbonyl (C=O) groups is 1. The molecule has 3 aliphatic rings. The van der Waals surface area contributed by atoms with E-state index in [4.69, 9.17) is 14.2 Å². The highest BCUT2D eigenvalue weighted by molar-refractivity contribution is 5.81. The van der Waals surface area contributed by atoms with E-state index in [9.17, 15) is 4.79 Å². The monoisotopic (exact) mass is 269 g/mol. The van der Waals surface area contributed by atoms with Gasteiger partial charge in [0.05, 0.1) is 26.4 Å². The summed E-state index contributed by atoms with van der Waals surface area (Å²) in [5.74, 6) is -0.127. The molecule has 0 radical (unpaired) electrons. The van der Waals surface area contributed by atoms with E-state index >= 15 is 0 Å². The first-order chi connectivity index (χ1) is 9.22. The van der Waals surface area contributed by atoms with Crippen LogP contribution in [0.4, 0.5) is 0 Å². The average molecular weight is 269 g/mol. The molecule has 0 aromatic rings. The van der Waals surface area contributed by atoms with Crippen LogP contribution in [-0.2, 0) is 19.0 Å². The fraction of sp³-hybridized carbons (Fsp3) is 0.929. The van der Waals surface area contributed by atoms with E-state index in [1.807, 2.05) is 0 Å². The van der Waals surface area contributed by atoms with Crippen LogP contribution in [0.2, 0.25) is 0 Å². The van der Waals surface area contributed by atoms with Gasteiger partial charge in [-0.05, 0) is 32.1 Å². The molecule has 3 fully saturated rings. The zero-order chi connectivity index (χ0) is 13.3. The van der Waals surface area contributed by atoms with Crippen LogP contribution in [0, 0.1) is 0 Å². The first kappa shape index (κ1) is 13.3. The SMILES string of the molecule is COC(=O)C1(NC2CC2)CCCC(OC2COC2)C1. The van der Waals surface area contributed by atoms with Gasteiger partial charge in [-0.15, -0.1) is 0 Å². The van der Waals surface area contributed by atoms with Gasteiger partial charge in [0.25, 0.3) is 0 Å². The molecular weight excluding hydrogens is 246 g/mol. The molecule has 0 amide bonds. The summed E-state index contributed by atoms with van der Waals surface area (Å²) in [7, 11) is 1.48. The van der Waals surface area contributed by atoms with Crippen molar-refractivity contribution in [3.05, 3.63) is 0 Å². The van der Waals surface area contributed by atoms with Crippen molar-refractivity contribution in [2.24, 2.45) is 0 Å². The molecule has 108 valence electrons. The normalized spacial score (nSPS) is 35.7. The molecule has 0 bridgehead atoms. The van der Waals surface area contributed by atoms with Gasteiger partial charge in [-0.2, -0.15) is 0 Å². The number of hydrogen-bond donors (Lipinski definition) is 1. The fourth-order valence-electron chi connectivity index (χ4n) is 3.09. The number of esters is 1. The lowest BCUT2D eigenvalue weighted by Crippen LogP contribution is -2.58. The molecule has 0 aromatic heterocycles. The number of hydrogen-bond acceptors (Lipinski definition) is 5. The second kappa shape index (κ2) is 5.38. The third-order valence-electron chi connectivity index (χ3n) is 4.33. The predicted octanol–water partition coefficient (Wildman–Crippen LogP) is 1.01. The summed E-state index contributed by atoms with van der Waals surface area (Å²) in [6.07, 6.45) is 6.33. The molecule has 0 aromatic carbocycles. The Kier molecular flexibility index (Phi) is 3.78. The standard InChI is InChI=1S/C14H23NO4/c1-17-13(16)14(15-10-4-5-10)6-2-3-11(7-14)19-12-8-18-9-12/h10-12,15H,2-9H2,1H3. The summed E-state index contributed by atoms with van der Waals surface area (Å²) < 4.78 is 16.2. The molecule has 1 heterocycles. The van der Waals surface area contributed by atoms with Crippen molar-refractivity contribution in [2.45, 2.75) is 62.3 Å². The average Bonchev–Trinajstić information content (AvgIpc) is 3.17. The smallest absolute Gasteiger partial charge is 0.326 e. The number of nitrogens with one attached hydrogen (secondary N) is 1. The van der Waals surface area contributed by atoms with Gasteiger partial charge in [-0.3, -0.25) is 10.1 Å². The van der Waals surface area contributed by atoms with E-state index in [1.165, 1.54) is 20.0 Å².